The van der Waals surface area contributed by atoms with Crippen LogP contribution in [0, 0.1) is 0 Å². The molecular weight excluding hydrogens is 236 g/mol. The largest absolute Gasteiger partial charge is 0.335 e. The molecule has 1 amide bonds. The molecule has 3 heteroatoms. The summed E-state index contributed by atoms with van der Waals surface area (Å²) in [6.07, 6.45) is 0.972. The van der Waals surface area contributed by atoms with E-state index >= 15 is 0 Å². The minimum atomic E-state index is 0.173. The number of hydrogen-bond acceptors (Lipinski definition) is 2. The van der Waals surface area contributed by atoms with E-state index in [0.717, 1.165) is 6.42 Å². The molecule has 19 heavy (non-hydrogen) atoms. The van der Waals surface area contributed by atoms with Crippen LogP contribution >= 0.6 is 0 Å². The van der Waals surface area contributed by atoms with Crippen LogP contribution in [0.15, 0.2) is 30.3 Å². The van der Waals surface area contributed by atoms with Gasteiger partial charge in [-0.1, -0.05) is 51.1 Å². The Hall–Kier alpha value is -1.35. The lowest BCUT2D eigenvalue weighted by Crippen LogP contribution is -2.44. The number of carbonyl (C=O) groups is 1. The number of nitrogens with zero attached hydrogens (tertiary/aromatic N) is 1. The van der Waals surface area contributed by atoms with E-state index in [1.165, 1.54) is 5.56 Å². The molecule has 3 nitrogen and oxygen atoms in total. The van der Waals surface area contributed by atoms with Crippen molar-refractivity contribution in [2.75, 3.05) is 6.54 Å². The van der Waals surface area contributed by atoms with Gasteiger partial charge in [-0.2, -0.15) is 0 Å². The van der Waals surface area contributed by atoms with Gasteiger partial charge in [0.25, 0.3) is 0 Å². The second-order valence-corrected chi connectivity index (χ2v) is 5.30. The molecule has 0 radical (unpaired) electrons. The zero-order valence-corrected chi connectivity index (χ0v) is 12.5. The molecule has 0 aromatic heterocycles. The summed E-state index contributed by atoms with van der Waals surface area (Å²) >= 11 is 0. The van der Waals surface area contributed by atoms with Crippen molar-refractivity contribution in [3.8, 4) is 0 Å². The second kappa shape index (κ2) is 7.95. The Kier molecular flexibility index (Phi) is 6.57. The highest BCUT2D eigenvalue weighted by Crippen LogP contribution is 2.10. The molecule has 1 aromatic carbocycles. The Morgan fingerprint density at radius 2 is 1.84 bits per heavy atom. The lowest BCUT2D eigenvalue weighted by atomic mass is 10.1. The molecule has 0 aliphatic heterocycles. The second-order valence-electron chi connectivity index (χ2n) is 5.30. The van der Waals surface area contributed by atoms with Gasteiger partial charge in [-0.05, 0) is 18.9 Å². The van der Waals surface area contributed by atoms with Crippen molar-refractivity contribution in [2.24, 2.45) is 0 Å². The number of benzene rings is 1. The van der Waals surface area contributed by atoms with Crippen LogP contribution in [0.1, 0.15) is 39.7 Å². The molecule has 1 rings (SSSR count). The van der Waals surface area contributed by atoms with Crippen molar-refractivity contribution < 1.29 is 4.79 Å². The molecule has 1 unspecified atom stereocenters. The maximum absolute atomic E-state index is 12.3. The predicted octanol–water partition coefficient (Wildman–Crippen LogP) is 2.81. The number of rotatable bonds is 7. The smallest absolute Gasteiger partial charge is 0.237 e. The first-order valence-electron chi connectivity index (χ1n) is 7.11. The summed E-state index contributed by atoms with van der Waals surface area (Å²) < 4.78 is 0. The van der Waals surface area contributed by atoms with Crippen LogP contribution in [0.5, 0.6) is 0 Å². The van der Waals surface area contributed by atoms with Gasteiger partial charge in [0.2, 0.25) is 5.91 Å². The summed E-state index contributed by atoms with van der Waals surface area (Å²) in [5.74, 6) is 0.173. The van der Waals surface area contributed by atoms with E-state index in [4.69, 9.17) is 0 Å². The number of carbonyl (C=O) groups excluding carboxylic acids is 1. The minimum absolute atomic E-state index is 0.173. The van der Waals surface area contributed by atoms with Crippen LogP contribution in [0.2, 0.25) is 0 Å². The van der Waals surface area contributed by atoms with Gasteiger partial charge in [0.05, 0.1) is 6.54 Å². The average molecular weight is 262 g/mol. The summed E-state index contributed by atoms with van der Waals surface area (Å²) in [5, 5.41) is 3.20. The predicted molar refractivity (Wildman–Crippen MR) is 79.9 cm³/mol. The first kappa shape index (κ1) is 15.7. The highest BCUT2D eigenvalue weighted by atomic mass is 16.2. The molecule has 0 saturated carbocycles. The summed E-state index contributed by atoms with van der Waals surface area (Å²) in [6.45, 7) is 9.43. The van der Waals surface area contributed by atoms with Crippen LogP contribution in [-0.4, -0.2) is 29.4 Å². The lowest BCUT2D eigenvalue weighted by molar-refractivity contribution is -0.133. The fourth-order valence-electron chi connectivity index (χ4n) is 1.88. The summed E-state index contributed by atoms with van der Waals surface area (Å²) in [6, 6.07) is 10.8. The Morgan fingerprint density at radius 1 is 1.21 bits per heavy atom. The first-order valence-corrected chi connectivity index (χ1v) is 7.11. The van der Waals surface area contributed by atoms with Gasteiger partial charge in [-0.3, -0.25) is 4.79 Å². The molecule has 0 heterocycles. The number of hydrogen-bond donors (Lipinski definition) is 1. The molecule has 0 aliphatic carbocycles. The van der Waals surface area contributed by atoms with E-state index < -0.39 is 0 Å². The van der Waals surface area contributed by atoms with E-state index in [0.29, 0.717) is 19.1 Å². The zero-order valence-electron chi connectivity index (χ0n) is 12.5. The van der Waals surface area contributed by atoms with Crippen LogP contribution in [-0.2, 0) is 11.3 Å². The summed E-state index contributed by atoms with van der Waals surface area (Å²) in [4.78, 5) is 14.3. The third kappa shape index (κ3) is 5.43. The summed E-state index contributed by atoms with van der Waals surface area (Å²) in [7, 11) is 0. The van der Waals surface area contributed by atoms with Crippen molar-refractivity contribution >= 4 is 5.91 Å². The topological polar surface area (TPSA) is 32.3 Å². The van der Waals surface area contributed by atoms with E-state index in [-0.39, 0.29) is 11.9 Å². The van der Waals surface area contributed by atoms with E-state index in [1.54, 1.807) is 0 Å². The maximum atomic E-state index is 12.3. The molecule has 1 N–H and O–H groups in total. The molecular formula is C16H26N2O. The van der Waals surface area contributed by atoms with Gasteiger partial charge in [0.15, 0.2) is 0 Å². The Balaban J connectivity index is 2.69. The molecule has 0 spiro atoms. The van der Waals surface area contributed by atoms with Gasteiger partial charge < -0.3 is 10.2 Å². The normalized spacial score (nSPS) is 12.5. The minimum Gasteiger partial charge on any atom is -0.335 e. The van der Waals surface area contributed by atoms with E-state index in [9.17, 15) is 4.79 Å². The Bertz CT molecular complexity index is 376. The number of amides is 1. The van der Waals surface area contributed by atoms with Crippen molar-refractivity contribution in [2.45, 2.75) is 52.7 Å². The molecule has 0 aliphatic rings. The van der Waals surface area contributed by atoms with Gasteiger partial charge in [0, 0.05) is 18.6 Å². The van der Waals surface area contributed by atoms with Crippen LogP contribution < -0.4 is 5.32 Å². The molecule has 106 valence electrons. The molecule has 0 saturated heterocycles. The molecule has 0 bridgehead atoms. The third-order valence-electron chi connectivity index (χ3n) is 3.30. The Labute approximate surface area is 117 Å². The van der Waals surface area contributed by atoms with Crippen molar-refractivity contribution in [3.63, 3.8) is 0 Å². The highest BCUT2D eigenvalue weighted by molar-refractivity contribution is 5.78. The zero-order chi connectivity index (χ0) is 14.3. The Morgan fingerprint density at radius 3 is 2.37 bits per heavy atom. The standard InChI is InChI=1S/C16H26N2O/c1-5-14(4)18(16(19)11-17-13(2)3)12-15-9-7-6-8-10-15/h6-10,13-14,17H,5,11-12H2,1-4H3. The van der Waals surface area contributed by atoms with Gasteiger partial charge in [-0.15, -0.1) is 0 Å². The monoisotopic (exact) mass is 262 g/mol. The highest BCUT2D eigenvalue weighted by Gasteiger charge is 2.18. The fourth-order valence-corrected chi connectivity index (χ4v) is 1.88. The van der Waals surface area contributed by atoms with E-state index in [2.05, 4.69) is 45.1 Å². The first-order chi connectivity index (χ1) is 9.04. The van der Waals surface area contributed by atoms with Gasteiger partial charge in [0.1, 0.15) is 0 Å². The van der Waals surface area contributed by atoms with Crippen LogP contribution in [0.3, 0.4) is 0 Å². The maximum Gasteiger partial charge on any atom is 0.237 e. The van der Waals surface area contributed by atoms with Crippen LogP contribution in [0.25, 0.3) is 0 Å². The molecule has 0 fully saturated rings. The lowest BCUT2D eigenvalue weighted by Gasteiger charge is -2.29. The van der Waals surface area contributed by atoms with Crippen molar-refractivity contribution in [3.05, 3.63) is 35.9 Å². The molecule has 1 atom stereocenters. The molecule has 1 aromatic rings. The van der Waals surface area contributed by atoms with E-state index in [1.807, 2.05) is 23.1 Å². The fraction of sp³-hybridized carbons (Fsp3) is 0.562. The van der Waals surface area contributed by atoms with Crippen molar-refractivity contribution in [1.29, 1.82) is 0 Å². The van der Waals surface area contributed by atoms with Gasteiger partial charge >= 0.3 is 0 Å². The summed E-state index contributed by atoms with van der Waals surface area (Å²) in [5.41, 5.74) is 1.18. The van der Waals surface area contributed by atoms with Crippen LogP contribution in [0.4, 0.5) is 0 Å². The quantitative estimate of drug-likeness (QED) is 0.819. The average Bonchev–Trinajstić information content (AvgIpc) is 2.42. The van der Waals surface area contributed by atoms with Crippen molar-refractivity contribution in [1.82, 2.24) is 10.2 Å². The van der Waals surface area contributed by atoms with Gasteiger partial charge in [-0.25, -0.2) is 0 Å². The SMILES string of the molecule is CCC(C)N(Cc1ccccc1)C(=O)CNC(C)C. The third-order valence-corrected chi connectivity index (χ3v) is 3.30. The number of nitrogens with one attached hydrogen (secondary N) is 1.